The van der Waals surface area contributed by atoms with E-state index in [1.165, 1.54) is 23.5 Å². The number of benzene rings is 1. The molecule has 2 rings (SSSR count). The molecule has 1 aromatic carbocycles. The van der Waals surface area contributed by atoms with Gasteiger partial charge in [0.2, 0.25) is 5.13 Å². The number of aromatic nitrogens is 1. The fraction of sp³-hybridized carbons (Fsp3) is 0.231. The maximum Gasteiger partial charge on any atom is 0.270 e. The molecule has 1 N–H and O–H groups in total. The predicted octanol–water partition coefficient (Wildman–Crippen LogP) is 2.87. The second-order valence-corrected chi connectivity index (χ2v) is 5.42. The standard InChI is InChI=1S/C13H15N5O2S/c1-9-8-21-13(15-9)16-14-7-10-6-11(18(19)20)4-5-12(10)17(2)3/h4-8H,1-3H3,(H,15,16). The van der Waals surface area contributed by atoms with E-state index in [0.29, 0.717) is 10.7 Å². The van der Waals surface area contributed by atoms with E-state index in [1.807, 2.05) is 31.3 Å². The average molecular weight is 305 g/mol. The normalized spacial score (nSPS) is 10.8. The summed E-state index contributed by atoms with van der Waals surface area (Å²) >= 11 is 1.45. The number of nitrogens with zero attached hydrogens (tertiary/aromatic N) is 4. The van der Waals surface area contributed by atoms with Crippen LogP contribution in [0.5, 0.6) is 0 Å². The highest BCUT2D eigenvalue weighted by Crippen LogP contribution is 2.23. The minimum atomic E-state index is -0.422. The first-order chi connectivity index (χ1) is 9.97. The molecule has 2 aromatic rings. The number of hydrazone groups is 1. The van der Waals surface area contributed by atoms with Gasteiger partial charge in [-0.1, -0.05) is 0 Å². The van der Waals surface area contributed by atoms with E-state index < -0.39 is 4.92 Å². The lowest BCUT2D eigenvalue weighted by Gasteiger charge is -2.14. The van der Waals surface area contributed by atoms with Gasteiger partial charge in [0.25, 0.3) is 5.69 Å². The van der Waals surface area contributed by atoms with Crippen LogP contribution in [0.3, 0.4) is 0 Å². The predicted molar refractivity (Wildman–Crippen MR) is 85.5 cm³/mol. The Kier molecular flexibility index (Phi) is 4.49. The molecule has 0 amide bonds. The largest absolute Gasteiger partial charge is 0.377 e. The third-order valence-corrected chi connectivity index (χ3v) is 3.55. The highest BCUT2D eigenvalue weighted by atomic mass is 32.1. The molecule has 0 spiro atoms. The molecule has 7 nitrogen and oxygen atoms in total. The summed E-state index contributed by atoms with van der Waals surface area (Å²) in [5.41, 5.74) is 5.28. The molecule has 0 aliphatic heterocycles. The van der Waals surface area contributed by atoms with Crippen LogP contribution in [0.25, 0.3) is 0 Å². The summed E-state index contributed by atoms with van der Waals surface area (Å²) in [5.74, 6) is 0. The minimum absolute atomic E-state index is 0.0344. The Morgan fingerprint density at radius 2 is 2.24 bits per heavy atom. The van der Waals surface area contributed by atoms with Crippen LogP contribution < -0.4 is 10.3 Å². The summed E-state index contributed by atoms with van der Waals surface area (Å²) in [6.45, 7) is 1.90. The van der Waals surface area contributed by atoms with Gasteiger partial charge >= 0.3 is 0 Å². The van der Waals surface area contributed by atoms with Gasteiger partial charge in [-0.25, -0.2) is 4.98 Å². The number of nitrogens with one attached hydrogen (secondary N) is 1. The number of thiazole rings is 1. The van der Waals surface area contributed by atoms with E-state index in [2.05, 4.69) is 15.5 Å². The number of hydrogen-bond acceptors (Lipinski definition) is 7. The van der Waals surface area contributed by atoms with E-state index in [4.69, 9.17) is 0 Å². The Bertz CT molecular complexity index is 681. The van der Waals surface area contributed by atoms with Crippen LogP contribution in [0, 0.1) is 17.0 Å². The fourth-order valence-electron chi connectivity index (χ4n) is 1.73. The van der Waals surface area contributed by atoms with Crippen LogP contribution in [0.4, 0.5) is 16.5 Å². The topological polar surface area (TPSA) is 83.7 Å². The fourth-order valence-corrected chi connectivity index (χ4v) is 2.37. The van der Waals surface area contributed by atoms with E-state index in [0.717, 1.165) is 11.4 Å². The maximum absolute atomic E-state index is 10.9. The van der Waals surface area contributed by atoms with Gasteiger partial charge in [0.1, 0.15) is 0 Å². The quantitative estimate of drug-likeness (QED) is 0.521. The third kappa shape index (κ3) is 3.76. The molecule has 0 radical (unpaired) electrons. The number of nitro groups is 1. The van der Waals surface area contributed by atoms with Crippen molar-refractivity contribution in [1.82, 2.24) is 4.98 Å². The second-order valence-electron chi connectivity index (χ2n) is 4.56. The van der Waals surface area contributed by atoms with Crippen LogP contribution in [-0.2, 0) is 0 Å². The molecule has 0 unspecified atom stereocenters. The first-order valence-electron chi connectivity index (χ1n) is 6.14. The van der Waals surface area contributed by atoms with Gasteiger partial charge < -0.3 is 4.90 Å². The first-order valence-corrected chi connectivity index (χ1v) is 7.02. The number of aryl methyl sites for hydroxylation is 1. The molecule has 0 saturated heterocycles. The summed E-state index contributed by atoms with van der Waals surface area (Å²) in [5, 5.41) is 17.5. The molecule has 1 aromatic heterocycles. The van der Waals surface area contributed by atoms with E-state index in [1.54, 1.807) is 12.3 Å². The Morgan fingerprint density at radius 1 is 1.48 bits per heavy atom. The van der Waals surface area contributed by atoms with Gasteiger partial charge in [0.15, 0.2) is 0 Å². The summed E-state index contributed by atoms with van der Waals surface area (Å²) in [6.07, 6.45) is 1.55. The van der Waals surface area contributed by atoms with Crippen molar-refractivity contribution in [2.75, 3.05) is 24.4 Å². The Balaban J connectivity index is 2.23. The molecule has 0 bridgehead atoms. The van der Waals surface area contributed by atoms with Gasteiger partial charge in [-0.05, 0) is 13.0 Å². The van der Waals surface area contributed by atoms with Crippen LogP contribution in [0.1, 0.15) is 11.3 Å². The smallest absolute Gasteiger partial charge is 0.270 e. The van der Waals surface area contributed by atoms with Crippen molar-refractivity contribution >= 4 is 34.1 Å². The van der Waals surface area contributed by atoms with Crippen molar-refractivity contribution < 1.29 is 4.92 Å². The lowest BCUT2D eigenvalue weighted by Crippen LogP contribution is -2.11. The average Bonchev–Trinajstić information content (AvgIpc) is 2.84. The Hall–Kier alpha value is -2.48. The molecule has 1 heterocycles. The molecule has 110 valence electrons. The molecule has 8 heteroatoms. The summed E-state index contributed by atoms with van der Waals surface area (Å²) in [4.78, 5) is 16.5. The maximum atomic E-state index is 10.9. The highest BCUT2D eigenvalue weighted by molar-refractivity contribution is 7.13. The molecule has 0 fully saturated rings. The zero-order valence-corrected chi connectivity index (χ0v) is 12.7. The van der Waals surface area contributed by atoms with E-state index in [9.17, 15) is 10.1 Å². The second kappa shape index (κ2) is 6.31. The van der Waals surface area contributed by atoms with Crippen molar-refractivity contribution in [3.05, 3.63) is 45.0 Å². The van der Waals surface area contributed by atoms with Gasteiger partial charge in [0, 0.05) is 42.9 Å². The van der Waals surface area contributed by atoms with Crippen LogP contribution in [0.2, 0.25) is 0 Å². The minimum Gasteiger partial charge on any atom is -0.377 e. The van der Waals surface area contributed by atoms with E-state index >= 15 is 0 Å². The van der Waals surface area contributed by atoms with Crippen LogP contribution >= 0.6 is 11.3 Å². The highest BCUT2D eigenvalue weighted by Gasteiger charge is 2.10. The van der Waals surface area contributed by atoms with Crippen molar-refractivity contribution in [3.63, 3.8) is 0 Å². The van der Waals surface area contributed by atoms with Crippen LogP contribution in [-0.4, -0.2) is 30.2 Å². The monoisotopic (exact) mass is 305 g/mol. The lowest BCUT2D eigenvalue weighted by molar-refractivity contribution is -0.384. The summed E-state index contributed by atoms with van der Waals surface area (Å²) in [6, 6.07) is 4.67. The van der Waals surface area contributed by atoms with Gasteiger partial charge in [-0.15, -0.1) is 11.3 Å². The van der Waals surface area contributed by atoms with Crippen molar-refractivity contribution in [2.24, 2.45) is 5.10 Å². The molecule has 0 atom stereocenters. The van der Waals surface area contributed by atoms with Crippen molar-refractivity contribution in [3.8, 4) is 0 Å². The van der Waals surface area contributed by atoms with Crippen molar-refractivity contribution in [2.45, 2.75) is 6.92 Å². The lowest BCUT2D eigenvalue weighted by atomic mass is 10.1. The zero-order valence-electron chi connectivity index (χ0n) is 11.9. The number of hydrogen-bond donors (Lipinski definition) is 1. The molecule has 21 heavy (non-hydrogen) atoms. The van der Waals surface area contributed by atoms with Gasteiger partial charge in [-0.3, -0.25) is 15.5 Å². The number of nitro benzene ring substituents is 1. The van der Waals surface area contributed by atoms with Gasteiger partial charge in [-0.2, -0.15) is 5.10 Å². The number of anilines is 2. The Morgan fingerprint density at radius 3 is 2.81 bits per heavy atom. The molecule has 0 saturated carbocycles. The number of non-ortho nitro benzene ring substituents is 1. The Labute approximate surface area is 126 Å². The summed E-state index contributed by atoms with van der Waals surface area (Å²) in [7, 11) is 3.74. The zero-order chi connectivity index (χ0) is 15.4. The SMILES string of the molecule is Cc1csc(NN=Cc2cc([N+](=O)[O-])ccc2N(C)C)n1. The summed E-state index contributed by atoms with van der Waals surface area (Å²) < 4.78 is 0. The van der Waals surface area contributed by atoms with Crippen LogP contribution in [0.15, 0.2) is 28.7 Å². The first kappa shape index (κ1) is 14.9. The number of rotatable bonds is 5. The molecular formula is C13H15N5O2S. The van der Waals surface area contributed by atoms with Crippen molar-refractivity contribution in [1.29, 1.82) is 0 Å². The third-order valence-electron chi connectivity index (χ3n) is 2.69. The molecular weight excluding hydrogens is 290 g/mol. The van der Waals surface area contributed by atoms with Gasteiger partial charge in [0.05, 0.1) is 16.8 Å². The van der Waals surface area contributed by atoms with E-state index in [-0.39, 0.29) is 5.69 Å². The molecule has 0 aliphatic rings. The molecule has 0 aliphatic carbocycles.